The van der Waals surface area contributed by atoms with Gasteiger partial charge in [-0.25, -0.2) is 4.79 Å². The van der Waals surface area contributed by atoms with Gasteiger partial charge in [0.1, 0.15) is 5.76 Å². The van der Waals surface area contributed by atoms with Gasteiger partial charge in [0.15, 0.2) is 0 Å². The summed E-state index contributed by atoms with van der Waals surface area (Å²) < 4.78 is 10.2. The first-order chi connectivity index (χ1) is 12.6. The molecule has 2 fully saturated rings. The van der Waals surface area contributed by atoms with Gasteiger partial charge in [0.25, 0.3) is 0 Å². The zero-order chi connectivity index (χ0) is 18.5. The largest absolute Gasteiger partial charge is 0.467 e. The second-order valence-corrected chi connectivity index (χ2v) is 7.26. The number of likely N-dealkylation sites (N-methyl/N-ethyl adjacent to an activating group) is 1. The summed E-state index contributed by atoms with van der Waals surface area (Å²) in [6.07, 6.45) is 5.93. The van der Waals surface area contributed by atoms with Gasteiger partial charge in [0.2, 0.25) is 5.91 Å². The fraction of sp³-hybridized carbons (Fsp3) is 0.684. The Morgan fingerprint density at radius 3 is 2.54 bits per heavy atom. The van der Waals surface area contributed by atoms with Gasteiger partial charge in [0, 0.05) is 33.2 Å². The van der Waals surface area contributed by atoms with Crippen molar-refractivity contribution in [2.45, 2.75) is 38.3 Å². The summed E-state index contributed by atoms with van der Waals surface area (Å²) in [4.78, 5) is 30.7. The Labute approximate surface area is 154 Å². The molecule has 1 saturated heterocycles. The van der Waals surface area contributed by atoms with Gasteiger partial charge < -0.3 is 19.0 Å². The van der Waals surface area contributed by atoms with E-state index < -0.39 is 0 Å². The molecule has 1 aliphatic carbocycles. The molecule has 0 N–H and O–H groups in total. The molecule has 26 heavy (non-hydrogen) atoms. The van der Waals surface area contributed by atoms with Gasteiger partial charge in [-0.05, 0) is 30.9 Å². The van der Waals surface area contributed by atoms with E-state index in [1.165, 1.54) is 20.0 Å². The summed E-state index contributed by atoms with van der Waals surface area (Å²) in [7, 11) is 3.25. The van der Waals surface area contributed by atoms with Crippen molar-refractivity contribution in [3.63, 3.8) is 0 Å². The van der Waals surface area contributed by atoms with Crippen LogP contribution in [0.2, 0.25) is 0 Å². The second kappa shape index (κ2) is 8.58. The van der Waals surface area contributed by atoms with E-state index in [9.17, 15) is 9.59 Å². The Hall–Kier alpha value is -2.02. The van der Waals surface area contributed by atoms with Crippen molar-refractivity contribution in [2.75, 3.05) is 40.3 Å². The van der Waals surface area contributed by atoms with Crippen molar-refractivity contribution in [2.24, 2.45) is 5.92 Å². The van der Waals surface area contributed by atoms with Gasteiger partial charge in [-0.1, -0.05) is 12.8 Å². The van der Waals surface area contributed by atoms with Gasteiger partial charge in [-0.3, -0.25) is 9.69 Å². The fourth-order valence-electron chi connectivity index (χ4n) is 4.18. The molecule has 0 radical (unpaired) electrons. The van der Waals surface area contributed by atoms with E-state index in [1.54, 1.807) is 16.1 Å². The predicted molar refractivity (Wildman–Crippen MR) is 96.5 cm³/mol. The molecule has 1 aromatic heterocycles. The number of carbonyl (C=O) groups excluding carboxylic acids is 2. The Balaban J connectivity index is 1.67. The normalized spacial score (nSPS) is 20.2. The minimum absolute atomic E-state index is 0.114. The summed E-state index contributed by atoms with van der Waals surface area (Å²) in [5.74, 6) is 1.34. The van der Waals surface area contributed by atoms with Crippen LogP contribution in [0.4, 0.5) is 4.79 Å². The van der Waals surface area contributed by atoms with Crippen molar-refractivity contribution >= 4 is 12.0 Å². The lowest BCUT2D eigenvalue weighted by atomic mass is 9.94. The maximum Gasteiger partial charge on any atom is 0.409 e. The molecular weight excluding hydrogens is 334 g/mol. The monoisotopic (exact) mass is 363 g/mol. The van der Waals surface area contributed by atoms with Crippen LogP contribution >= 0.6 is 0 Å². The van der Waals surface area contributed by atoms with Crippen LogP contribution in [-0.4, -0.2) is 73.1 Å². The third kappa shape index (κ3) is 4.20. The lowest BCUT2D eigenvalue weighted by Gasteiger charge is -2.41. The van der Waals surface area contributed by atoms with Crippen LogP contribution in [0.15, 0.2) is 22.8 Å². The van der Waals surface area contributed by atoms with Crippen LogP contribution in [0.3, 0.4) is 0 Å². The van der Waals surface area contributed by atoms with Gasteiger partial charge >= 0.3 is 6.09 Å². The van der Waals surface area contributed by atoms with Crippen LogP contribution < -0.4 is 0 Å². The molecule has 0 bridgehead atoms. The first-order valence-electron chi connectivity index (χ1n) is 9.44. The lowest BCUT2D eigenvalue weighted by molar-refractivity contribution is -0.139. The molecule has 1 unspecified atom stereocenters. The number of ether oxygens (including phenoxy) is 1. The number of methoxy groups -OCH3 is 1. The van der Waals surface area contributed by atoms with Crippen molar-refractivity contribution < 1.29 is 18.7 Å². The minimum atomic E-state index is -0.289. The molecule has 1 aromatic rings. The zero-order valence-electron chi connectivity index (χ0n) is 15.7. The Bertz CT molecular complexity index is 590. The SMILES string of the molecule is COC(=O)N1CCN(C(C(=O)N(C)Cc2ccco2)C2CCCC2)CC1. The van der Waals surface area contributed by atoms with Crippen LogP contribution in [-0.2, 0) is 16.1 Å². The predicted octanol–water partition coefficient (Wildman–Crippen LogP) is 2.18. The number of rotatable bonds is 5. The van der Waals surface area contributed by atoms with Crippen LogP contribution in [0.1, 0.15) is 31.4 Å². The highest BCUT2D eigenvalue weighted by molar-refractivity contribution is 5.82. The molecule has 7 nitrogen and oxygen atoms in total. The van der Waals surface area contributed by atoms with E-state index in [1.807, 2.05) is 19.2 Å². The summed E-state index contributed by atoms with van der Waals surface area (Å²) >= 11 is 0. The highest BCUT2D eigenvalue weighted by atomic mass is 16.5. The summed E-state index contributed by atoms with van der Waals surface area (Å²) in [6, 6.07) is 3.62. The minimum Gasteiger partial charge on any atom is -0.467 e. The third-order valence-corrected chi connectivity index (χ3v) is 5.59. The molecule has 3 rings (SSSR count). The highest BCUT2D eigenvalue weighted by Gasteiger charge is 2.38. The molecule has 144 valence electrons. The maximum absolute atomic E-state index is 13.3. The number of hydrogen-bond acceptors (Lipinski definition) is 5. The van der Waals surface area contributed by atoms with Crippen molar-refractivity contribution in [3.8, 4) is 0 Å². The average molecular weight is 363 g/mol. The molecule has 1 aliphatic heterocycles. The third-order valence-electron chi connectivity index (χ3n) is 5.59. The van der Waals surface area contributed by atoms with Gasteiger partial charge in [0.05, 0.1) is 26.0 Å². The molecule has 2 amide bonds. The molecule has 2 heterocycles. The van der Waals surface area contributed by atoms with Crippen LogP contribution in [0.5, 0.6) is 0 Å². The standard InChI is InChI=1S/C19H29N3O4/c1-20(14-16-8-5-13-26-16)18(23)17(15-6-3-4-7-15)21-9-11-22(12-10-21)19(24)25-2/h5,8,13,15,17H,3-4,6-7,9-12,14H2,1-2H3. The topological polar surface area (TPSA) is 66.2 Å². The maximum atomic E-state index is 13.3. The van der Waals surface area contributed by atoms with E-state index >= 15 is 0 Å². The average Bonchev–Trinajstić information content (AvgIpc) is 3.36. The molecular formula is C19H29N3O4. The Morgan fingerprint density at radius 2 is 1.96 bits per heavy atom. The molecule has 1 atom stereocenters. The van der Waals surface area contributed by atoms with Crippen LogP contribution in [0, 0.1) is 5.92 Å². The van der Waals surface area contributed by atoms with E-state index in [2.05, 4.69) is 4.90 Å². The van der Waals surface area contributed by atoms with Crippen molar-refractivity contribution in [1.29, 1.82) is 0 Å². The van der Waals surface area contributed by atoms with Crippen LogP contribution in [0.25, 0.3) is 0 Å². The van der Waals surface area contributed by atoms with E-state index in [0.29, 0.717) is 38.6 Å². The number of hydrogen-bond donors (Lipinski definition) is 0. The second-order valence-electron chi connectivity index (χ2n) is 7.26. The van der Waals surface area contributed by atoms with Crippen molar-refractivity contribution in [3.05, 3.63) is 24.2 Å². The summed E-state index contributed by atoms with van der Waals surface area (Å²) in [5.41, 5.74) is 0. The number of furan rings is 1. The Kier molecular flexibility index (Phi) is 6.19. The lowest BCUT2D eigenvalue weighted by Crippen LogP contribution is -2.58. The van der Waals surface area contributed by atoms with E-state index in [-0.39, 0.29) is 18.0 Å². The fourth-order valence-corrected chi connectivity index (χ4v) is 4.18. The Morgan fingerprint density at radius 1 is 1.27 bits per heavy atom. The smallest absolute Gasteiger partial charge is 0.409 e. The first kappa shape index (κ1) is 18.8. The molecule has 0 spiro atoms. The quantitative estimate of drug-likeness (QED) is 0.802. The number of piperazine rings is 1. The molecule has 2 aliphatic rings. The molecule has 7 heteroatoms. The molecule has 1 saturated carbocycles. The van der Waals surface area contributed by atoms with Gasteiger partial charge in [-0.2, -0.15) is 0 Å². The number of carbonyl (C=O) groups is 2. The van der Waals surface area contributed by atoms with E-state index in [0.717, 1.165) is 18.6 Å². The summed E-state index contributed by atoms with van der Waals surface area (Å²) in [6.45, 7) is 3.10. The van der Waals surface area contributed by atoms with E-state index in [4.69, 9.17) is 9.15 Å². The zero-order valence-corrected chi connectivity index (χ0v) is 15.7. The summed E-state index contributed by atoms with van der Waals surface area (Å²) in [5, 5.41) is 0. The highest BCUT2D eigenvalue weighted by Crippen LogP contribution is 2.32. The van der Waals surface area contributed by atoms with Crippen molar-refractivity contribution in [1.82, 2.24) is 14.7 Å². The number of nitrogens with zero attached hydrogens (tertiary/aromatic N) is 3. The molecule has 0 aromatic carbocycles. The number of amides is 2. The first-order valence-corrected chi connectivity index (χ1v) is 9.44. The van der Waals surface area contributed by atoms with Gasteiger partial charge in [-0.15, -0.1) is 0 Å².